The van der Waals surface area contributed by atoms with E-state index in [4.69, 9.17) is 13.9 Å². The summed E-state index contributed by atoms with van der Waals surface area (Å²) in [7, 11) is 0. The van der Waals surface area contributed by atoms with Crippen LogP contribution in [0.2, 0.25) is 0 Å². The summed E-state index contributed by atoms with van der Waals surface area (Å²) in [5.74, 6) is 2.89. The molecule has 0 spiro atoms. The van der Waals surface area contributed by atoms with Gasteiger partial charge < -0.3 is 19.2 Å². The number of nitrogens with one attached hydrogen (secondary N) is 1. The largest absolute Gasteiger partial charge is 0.454 e. The average molecular weight is 316 g/mol. The molecule has 0 unspecified atom stereocenters. The van der Waals surface area contributed by atoms with E-state index in [1.165, 1.54) is 0 Å². The molecule has 122 valence electrons. The molecular formula is C17H20N2O4. The minimum absolute atomic E-state index is 0.0488. The van der Waals surface area contributed by atoms with E-state index in [-0.39, 0.29) is 19.1 Å². The van der Waals surface area contributed by atoms with Crippen molar-refractivity contribution in [2.45, 2.75) is 27.2 Å². The molecule has 0 bridgehead atoms. The van der Waals surface area contributed by atoms with Crippen LogP contribution in [0.3, 0.4) is 0 Å². The second-order valence-electron chi connectivity index (χ2n) is 5.96. The number of nitrogens with zero attached hydrogens (tertiary/aromatic N) is 1. The van der Waals surface area contributed by atoms with Gasteiger partial charge in [0.1, 0.15) is 5.76 Å². The van der Waals surface area contributed by atoms with Gasteiger partial charge in [0.05, 0.1) is 12.1 Å². The number of amides is 1. The first kappa shape index (κ1) is 15.4. The lowest BCUT2D eigenvalue weighted by Gasteiger charge is -2.06. The van der Waals surface area contributed by atoms with Crippen LogP contribution in [0, 0.1) is 12.8 Å². The van der Waals surface area contributed by atoms with Crippen LogP contribution in [0.4, 0.5) is 0 Å². The molecule has 2 aromatic rings. The Balaban J connectivity index is 1.74. The molecule has 0 saturated carbocycles. The Bertz CT molecular complexity index is 721. The maximum absolute atomic E-state index is 11.9. The van der Waals surface area contributed by atoms with Gasteiger partial charge in [-0.1, -0.05) is 13.8 Å². The lowest BCUT2D eigenvalue weighted by molar-refractivity contribution is -0.120. The topological polar surface area (TPSA) is 73.6 Å². The standard InChI is InChI=1S/C17H20N2O4/c1-10(2)8-18-16(20)7-13-11(3)23-17(19-13)12-4-5-14-15(6-12)22-9-21-14/h4-6,10H,7-9H2,1-3H3,(H,18,20). The van der Waals surface area contributed by atoms with E-state index < -0.39 is 0 Å². The number of hydrogen-bond acceptors (Lipinski definition) is 5. The molecule has 1 aromatic carbocycles. The Morgan fingerprint density at radius 3 is 2.87 bits per heavy atom. The van der Waals surface area contributed by atoms with Crippen molar-refractivity contribution in [3.05, 3.63) is 29.7 Å². The van der Waals surface area contributed by atoms with Crippen LogP contribution in [0.25, 0.3) is 11.5 Å². The van der Waals surface area contributed by atoms with Gasteiger partial charge in [-0.2, -0.15) is 0 Å². The molecule has 0 aliphatic carbocycles. The summed E-state index contributed by atoms with van der Waals surface area (Å²) in [6, 6.07) is 5.52. The minimum Gasteiger partial charge on any atom is -0.454 e. The highest BCUT2D eigenvalue weighted by Crippen LogP contribution is 2.36. The van der Waals surface area contributed by atoms with Gasteiger partial charge in [-0.25, -0.2) is 4.98 Å². The van der Waals surface area contributed by atoms with Crippen molar-refractivity contribution in [2.75, 3.05) is 13.3 Å². The smallest absolute Gasteiger partial charge is 0.231 e. The van der Waals surface area contributed by atoms with Gasteiger partial charge in [0.2, 0.25) is 18.6 Å². The predicted octanol–water partition coefficient (Wildman–Crippen LogP) is 2.69. The first-order valence-corrected chi connectivity index (χ1v) is 7.66. The van der Waals surface area contributed by atoms with Crippen molar-refractivity contribution in [1.29, 1.82) is 0 Å². The highest BCUT2D eigenvalue weighted by Gasteiger charge is 2.18. The molecule has 1 amide bonds. The molecule has 0 saturated heterocycles. The van der Waals surface area contributed by atoms with Crippen LogP contribution < -0.4 is 14.8 Å². The van der Waals surface area contributed by atoms with Crippen LogP contribution >= 0.6 is 0 Å². The fourth-order valence-electron chi connectivity index (χ4n) is 2.28. The van der Waals surface area contributed by atoms with Gasteiger partial charge in [-0.15, -0.1) is 0 Å². The molecule has 1 aliphatic heterocycles. The van der Waals surface area contributed by atoms with Crippen molar-refractivity contribution in [3.8, 4) is 23.0 Å². The van der Waals surface area contributed by atoms with Crippen molar-refractivity contribution >= 4 is 5.91 Å². The monoisotopic (exact) mass is 316 g/mol. The summed E-state index contributed by atoms with van der Waals surface area (Å²) in [5.41, 5.74) is 1.45. The fraction of sp³-hybridized carbons (Fsp3) is 0.412. The Labute approximate surface area is 134 Å². The Morgan fingerprint density at radius 2 is 2.09 bits per heavy atom. The van der Waals surface area contributed by atoms with Gasteiger partial charge >= 0.3 is 0 Å². The maximum atomic E-state index is 11.9. The first-order valence-electron chi connectivity index (χ1n) is 7.66. The summed E-state index contributed by atoms with van der Waals surface area (Å²) < 4.78 is 16.4. The Kier molecular flexibility index (Phi) is 4.23. The number of ether oxygens (including phenoxy) is 2. The zero-order valence-corrected chi connectivity index (χ0v) is 13.5. The number of fused-ring (bicyclic) bond motifs is 1. The number of oxazole rings is 1. The van der Waals surface area contributed by atoms with Crippen LogP contribution in [-0.4, -0.2) is 24.2 Å². The Hall–Kier alpha value is -2.50. The van der Waals surface area contributed by atoms with Gasteiger partial charge in [0.25, 0.3) is 0 Å². The molecule has 3 rings (SSSR count). The lowest BCUT2D eigenvalue weighted by Crippen LogP contribution is -2.28. The van der Waals surface area contributed by atoms with Crippen molar-refractivity contribution < 1.29 is 18.7 Å². The second kappa shape index (κ2) is 6.32. The fourth-order valence-corrected chi connectivity index (χ4v) is 2.28. The van der Waals surface area contributed by atoms with Gasteiger partial charge in [0, 0.05) is 12.1 Å². The average Bonchev–Trinajstić information content (AvgIpc) is 3.11. The summed E-state index contributed by atoms with van der Waals surface area (Å²) >= 11 is 0. The molecule has 0 atom stereocenters. The van der Waals surface area contributed by atoms with Crippen LogP contribution in [0.1, 0.15) is 25.3 Å². The molecule has 1 N–H and O–H groups in total. The van der Waals surface area contributed by atoms with Crippen molar-refractivity contribution in [1.82, 2.24) is 10.3 Å². The highest BCUT2D eigenvalue weighted by atomic mass is 16.7. The molecule has 6 nitrogen and oxygen atoms in total. The van der Waals surface area contributed by atoms with Crippen molar-refractivity contribution in [3.63, 3.8) is 0 Å². The number of hydrogen-bond donors (Lipinski definition) is 1. The van der Waals surface area contributed by atoms with E-state index in [1.54, 1.807) is 0 Å². The number of rotatable bonds is 5. The third-order valence-corrected chi connectivity index (χ3v) is 3.55. The van der Waals surface area contributed by atoms with Crippen LogP contribution in [0.5, 0.6) is 11.5 Å². The predicted molar refractivity (Wildman–Crippen MR) is 84.4 cm³/mol. The van der Waals surface area contributed by atoms with Crippen molar-refractivity contribution in [2.24, 2.45) is 5.92 Å². The quantitative estimate of drug-likeness (QED) is 0.918. The lowest BCUT2D eigenvalue weighted by atomic mass is 10.2. The minimum atomic E-state index is -0.0488. The zero-order chi connectivity index (χ0) is 16.4. The number of carbonyl (C=O) groups is 1. The summed E-state index contributed by atoms with van der Waals surface area (Å²) in [6.45, 7) is 6.81. The molecular weight excluding hydrogens is 296 g/mol. The number of benzene rings is 1. The summed E-state index contributed by atoms with van der Waals surface area (Å²) in [6.07, 6.45) is 0.215. The third-order valence-electron chi connectivity index (χ3n) is 3.55. The van der Waals surface area contributed by atoms with Crippen LogP contribution in [-0.2, 0) is 11.2 Å². The summed E-state index contributed by atoms with van der Waals surface area (Å²) in [4.78, 5) is 16.4. The number of aryl methyl sites for hydroxylation is 1. The SMILES string of the molecule is Cc1oc(-c2ccc3c(c2)OCO3)nc1CC(=O)NCC(C)C. The number of carbonyl (C=O) groups excluding carboxylic acids is 1. The molecule has 6 heteroatoms. The van der Waals surface area contributed by atoms with Gasteiger partial charge in [-0.05, 0) is 31.0 Å². The molecule has 0 fully saturated rings. The molecule has 23 heavy (non-hydrogen) atoms. The van der Waals surface area contributed by atoms with E-state index in [0.717, 1.165) is 5.56 Å². The normalized spacial score (nSPS) is 12.7. The molecule has 1 aliphatic rings. The van der Waals surface area contributed by atoms with Crippen LogP contribution in [0.15, 0.2) is 22.6 Å². The summed E-state index contributed by atoms with van der Waals surface area (Å²) in [5, 5.41) is 2.88. The molecule has 0 radical (unpaired) electrons. The first-order chi connectivity index (χ1) is 11.0. The number of aromatic nitrogens is 1. The Morgan fingerprint density at radius 1 is 1.30 bits per heavy atom. The van der Waals surface area contributed by atoms with E-state index in [9.17, 15) is 4.79 Å². The molecule has 1 aromatic heterocycles. The molecule has 2 heterocycles. The van der Waals surface area contributed by atoms with Gasteiger partial charge in [0.15, 0.2) is 11.5 Å². The second-order valence-corrected chi connectivity index (χ2v) is 5.96. The van der Waals surface area contributed by atoms with E-state index in [0.29, 0.717) is 41.3 Å². The highest BCUT2D eigenvalue weighted by molar-refractivity contribution is 5.78. The third kappa shape index (κ3) is 3.47. The van der Waals surface area contributed by atoms with Gasteiger partial charge in [-0.3, -0.25) is 4.79 Å². The maximum Gasteiger partial charge on any atom is 0.231 e. The van der Waals surface area contributed by atoms with E-state index in [1.807, 2.05) is 25.1 Å². The zero-order valence-electron chi connectivity index (χ0n) is 13.5. The van der Waals surface area contributed by atoms with E-state index >= 15 is 0 Å². The van der Waals surface area contributed by atoms with E-state index in [2.05, 4.69) is 24.1 Å².